The first-order chi connectivity index (χ1) is 14.0. The van der Waals surface area contributed by atoms with E-state index in [0.717, 1.165) is 46.0 Å². The Kier molecular flexibility index (Phi) is 5.47. The number of benzene rings is 1. The molecule has 1 aliphatic rings. The standard InChI is InChI=1S/C21H25N5O2S/c1-11(28-3)14-7-8-15(17(9-14)29-4)24-16-10-18(26-21(27)13-5-6-13)25-20-19(16)22-12(2)23-20/h7-11,13H,5-6H2,1-4H3,(H3,22,23,24,25,26,27). The van der Waals surface area contributed by atoms with Gasteiger partial charge in [-0.2, -0.15) is 0 Å². The van der Waals surface area contributed by atoms with Crippen molar-refractivity contribution < 1.29 is 9.53 Å². The first-order valence-corrected chi connectivity index (χ1v) is 10.9. The zero-order valence-electron chi connectivity index (χ0n) is 17.0. The number of rotatable bonds is 7. The summed E-state index contributed by atoms with van der Waals surface area (Å²) in [5.74, 6) is 1.43. The zero-order valence-corrected chi connectivity index (χ0v) is 17.8. The minimum absolute atomic E-state index is 0.0257. The van der Waals surface area contributed by atoms with Gasteiger partial charge in [0.1, 0.15) is 17.2 Å². The van der Waals surface area contributed by atoms with Crippen molar-refractivity contribution in [2.45, 2.75) is 37.7 Å². The fraction of sp³-hybridized carbons (Fsp3) is 0.381. The third kappa shape index (κ3) is 4.23. The molecule has 8 heteroatoms. The number of hydrogen-bond acceptors (Lipinski definition) is 6. The molecule has 1 aliphatic carbocycles. The SMILES string of the molecule is COC(C)c1ccc(Nc2cc(NC(=O)C3CC3)nc3nc(C)[nH]c23)c(SC)c1. The molecule has 1 amide bonds. The van der Waals surface area contributed by atoms with Crippen LogP contribution in [0.1, 0.15) is 37.3 Å². The van der Waals surface area contributed by atoms with Gasteiger partial charge in [-0.05, 0) is 50.6 Å². The van der Waals surface area contributed by atoms with Crippen molar-refractivity contribution in [1.82, 2.24) is 15.0 Å². The summed E-state index contributed by atoms with van der Waals surface area (Å²) in [6.45, 7) is 3.92. The van der Waals surface area contributed by atoms with Gasteiger partial charge in [-0.3, -0.25) is 4.79 Å². The lowest BCUT2D eigenvalue weighted by Crippen LogP contribution is -2.14. The number of fused-ring (bicyclic) bond motifs is 1. The summed E-state index contributed by atoms with van der Waals surface area (Å²) < 4.78 is 5.44. The van der Waals surface area contributed by atoms with Crippen LogP contribution in [0.15, 0.2) is 29.2 Å². The molecule has 2 heterocycles. The lowest BCUT2D eigenvalue weighted by atomic mass is 10.1. The highest BCUT2D eigenvalue weighted by atomic mass is 32.2. The van der Waals surface area contributed by atoms with Gasteiger partial charge < -0.3 is 20.4 Å². The summed E-state index contributed by atoms with van der Waals surface area (Å²) in [7, 11) is 1.71. The molecule has 7 nitrogen and oxygen atoms in total. The molecule has 1 aromatic carbocycles. The zero-order chi connectivity index (χ0) is 20.5. The highest BCUT2D eigenvalue weighted by Crippen LogP contribution is 2.35. The predicted molar refractivity (Wildman–Crippen MR) is 117 cm³/mol. The Balaban J connectivity index is 1.70. The number of nitrogens with zero attached hydrogens (tertiary/aromatic N) is 2. The third-order valence-corrected chi connectivity index (χ3v) is 5.87. The number of aryl methyl sites for hydroxylation is 1. The van der Waals surface area contributed by atoms with E-state index in [4.69, 9.17) is 4.74 Å². The van der Waals surface area contributed by atoms with Gasteiger partial charge in [-0.1, -0.05) is 6.07 Å². The topological polar surface area (TPSA) is 91.9 Å². The van der Waals surface area contributed by atoms with Gasteiger partial charge >= 0.3 is 0 Å². The number of hydrogen-bond donors (Lipinski definition) is 3. The molecule has 3 aromatic rings. The van der Waals surface area contributed by atoms with Gasteiger partial charge in [0.05, 0.1) is 17.5 Å². The van der Waals surface area contributed by atoms with E-state index in [-0.39, 0.29) is 17.9 Å². The summed E-state index contributed by atoms with van der Waals surface area (Å²) in [5.41, 5.74) is 4.31. The molecule has 2 aromatic heterocycles. The maximum Gasteiger partial charge on any atom is 0.228 e. The molecule has 1 saturated carbocycles. The van der Waals surface area contributed by atoms with Crippen LogP contribution in [-0.4, -0.2) is 34.2 Å². The average molecular weight is 412 g/mol. The molecule has 152 valence electrons. The fourth-order valence-corrected chi connectivity index (χ4v) is 3.78. The van der Waals surface area contributed by atoms with Crippen LogP contribution in [0.5, 0.6) is 0 Å². The number of carbonyl (C=O) groups is 1. The van der Waals surface area contributed by atoms with Crippen LogP contribution < -0.4 is 10.6 Å². The van der Waals surface area contributed by atoms with Crippen LogP contribution in [0.3, 0.4) is 0 Å². The van der Waals surface area contributed by atoms with Gasteiger partial charge in [0.15, 0.2) is 5.65 Å². The minimum Gasteiger partial charge on any atom is -0.377 e. The van der Waals surface area contributed by atoms with Crippen molar-refractivity contribution in [2.75, 3.05) is 24.0 Å². The Hall–Kier alpha value is -2.58. The van der Waals surface area contributed by atoms with E-state index in [9.17, 15) is 4.79 Å². The molecule has 0 aliphatic heterocycles. The molecule has 0 saturated heterocycles. The van der Waals surface area contributed by atoms with Crippen molar-refractivity contribution in [3.63, 3.8) is 0 Å². The molecule has 1 unspecified atom stereocenters. The number of thioether (sulfide) groups is 1. The van der Waals surface area contributed by atoms with Crippen molar-refractivity contribution in [1.29, 1.82) is 0 Å². The number of nitrogens with one attached hydrogen (secondary N) is 3. The molecule has 0 spiro atoms. The Morgan fingerprint density at radius 2 is 2.07 bits per heavy atom. The van der Waals surface area contributed by atoms with Gasteiger partial charge in [0.2, 0.25) is 5.91 Å². The second-order valence-corrected chi connectivity index (χ2v) is 8.15. The molecular weight excluding hydrogens is 386 g/mol. The van der Waals surface area contributed by atoms with Crippen molar-refractivity contribution in [3.8, 4) is 0 Å². The number of aromatic amines is 1. The molecule has 1 atom stereocenters. The second-order valence-electron chi connectivity index (χ2n) is 7.30. The Bertz CT molecular complexity index is 1060. The molecular formula is C21H25N5O2S. The predicted octanol–water partition coefficient (Wildman–Crippen LogP) is 4.79. The molecule has 0 radical (unpaired) electrons. The number of methoxy groups -OCH3 is 1. The van der Waals surface area contributed by atoms with Crippen molar-refractivity contribution in [2.24, 2.45) is 5.92 Å². The van der Waals surface area contributed by atoms with Crippen LogP contribution in [-0.2, 0) is 9.53 Å². The van der Waals surface area contributed by atoms with E-state index in [2.05, 4.69) is 43.8 Å². The molecule has 1 fully saturated rings. The Morgan fingerprint density at radius 3 is 2.76 bits per heavy atom. The smallest absolute Gasteiger partial charge is 0.228 e. The van der Waals surface area contributed by atoms with Crippen LogP contribution >= 0.6 is 11.8 Å². The number of carbonyl (C=O) groups excluding carboxylic acids is 1. The van der Waals surface area contributed by atoms with E-state index in [0.29, 0.717) is 11.5 Å². The summed E-state index contributed by atoms with van der Waals surface area (Å²) in [5, 5.41) is 6.42. The third-order valence-electron chi connectivity index (χ3n) is 5.10. The van der Waals surface area contributed by atoms with Gasteiger partial charge in [-0.15, -0.1) is 11.8 Å². The van der Waals surface area contributed by atoms with E-state index >= 15 is 0 Å². The Labute approximate surface area is 174 Å². The van der Waals surface area contributed by atoms with Crippen molar-refractivity contribution >= 4 is 46.0 Å². The number of imidazole rings is 1. The maximum atomic E-state index is 12.2. The normalized spacial score (nSPS) is 14.8. The maximum absolute atomic E-state index is 12.2. The van der Waals surface area contributed by atoms with E-state index in [1.165, 1.54) is 0 Å². The molecule has 3 N–H and O–H groups in total. The summed E-state index contributed by atoms with van der Waals surface area (Å²) in [6, 6.07) is 8.10. The lowest BCUT2D eigenvalue weighted by molar-refractivity contribution is -0.117. The fourth-order valence-electron chi connectivity index (χ4n) is 3.18. The summed E-state index contributed by atoms with van der Waals surface area (Å²) >= 11 is 1.67. The van der Waals surface area contributed by atoms with E-state index in [1.807, 2.05) is 26.2 Å². The van der Waals surface area contributed by atoms with Crippen LogP contribution in [0.25, 0.3) is 11.2 Å². The minimum atomic E-state index is 0.0257. The number of aromatic nitrogens is 3. The Morgan fingerprint density at radius 1 is 1.28 bits per heavy atom. The molecule has 4 rings (SSSR count). The summed E-state index contributed by atoms with van der Waals surface area (Å²) in [4.78, 5) is 25.5. The summed E-state index contributed by atoms with van der Waals surface area (Å²) in [6.07, 6.45) is 3.97. The van der Waals surface area contributed by atoms with Gasteiger partial charge in [0, 0.05) is 24.0 Å². The van der Waals surface area contributed by atoms with Crippen LogP contribution in [0.4, 0.5) is 17.2 Å². The van der Waals surface area contributed by atoms with E-state index in [1.54, 1.807) is 18.9 Å². The van der Waals surface area contributed by atoms with Gasteiger partial charge in [-0.25, -0.2) is 9.97 Å². The first-order valence-electron chi connectivity index (χ1n) is 9.64. The molecule has 0 bridgehead atoms. The van der Waals surface area contributed by atoms with Crippen molar-refractivity contribution in [3.05, 3.63) is 35.7 Å². The van der Waals surface area contributed by atoms with Crippen LogP contribution in [0, 0.1) is 12.8 Å². The quantitative estimate of drug-likeness (QED) is 0.484. The number of pyridine rings is 1. The second kappa shape index (κ2) is 8.04. The number of H-pyrrole nitrogens is 1. The average Bonchev–Trinajstić information content (AvgIpc) is 3.49. The lowest BCUT2D eigenvalue weighted by Gasteiger charge is -2.16. The van der Waals surface area contributed by atoms with Gasteiger partial charge in [0.25, 0.3) is 0 Å². The molecule has 29 heavy (non-hydrogen) atoms. The number of amides is 1. The number of anilines is 3. The number of ether oxygens (including phenoxy) is 1. The van der Waals surface area contributed by atoms with E-state index < -0.39 is 0 Å². The first kappa shape index (κ1) is 19.7. The highest BCUT2D eigenvalue weighted by molar-refractivity contribution is 7.98. The largest absolute Gasteiger partial charge is 0.377 e. The highest BCUT2D eigenvalue weighted by Gasteiger charge is 2.30. The monoisotopic (exact) mass is 411 g/mol. The van der Waals surface area contributed by atoms with Crippen LogP contribution in [0.2, 0.25) is 0 Å².